The highest BCUT2D eigenvalue weighted by atomic mass is 16.6. The van der Waals surface area contributed by atoms with Crippen LogP contribution < -0.4 is 0 Å². The largest absolute Gasteiger partial charge is 0.378 e. The smallest absolute Gasteiger partial charge is 0.104 e. The van der Waals surface area contributed by atoms with Crippen LogP contribution in [0.5, 0.6) is 0 Å². The maximum absolute atomic E-state index is 5.54. The van der Waals surface area contributed by atoms with E-state index in [1.54, 1.807) is 0 Å². The van der Waals surface area contributed by atoms with Crippen LogP contribution in [0.1, 0.15) is 19.3 Å². The molecule has 0 aromatic rings. The van der Waals surface area contributed by atoms with Crippen molar-refractivity contribution in [3.63, 3.8) is 0 Å². The lowest BCUT2D eigenvalue weighted by Crippen LogP contribution is -2.13. The summed E-state index contributed by atoms with van der Waals surface area (Å²) in [5, 5.41) is 0. The van der Waals surface area contributed by atoms with Gasteiger partial charge in [-0.3, -0.25) is 0 Å². The fourth-order valence-electron chi connectivity index (χ4n) is 1.54. The lowest BCUT2D eigenvalue weighted by molar-refractivity contribution is 0.0832. The van der Waals surface area contributed by atoms with Gasteiger partial charge in [0, 0.05) is 6.61 Å². The molecule has 1 fully saturated rings. The molecule has 2 nitrogen and oxygen atoms in total. The Morgan fingerprint density at radius 3 is 2.92 bits per heavy atom. The second-order valence-electron chi connectivity index (χ2n) is 3.64. The predicted octanol–water partition coefficient (Wildman–Crippen LogP) is 1.76. The van der Waals surface area contributed by atoms with E-state index in [1.807, 2.05) is 0 Å². The van der Waals surface area contributed by atoms with E-state index in [2.05, 4.69) is 12.2 Å². The molecule has 12 heavy (non-hydrogen) atoms. The molecule has 0 radical (unpaired) electrons. The molecule has 2 heteroatoms. The average Bonchev–Trinajstić information content (AvgIpc) is 2.90. The molecular formula is C10H16O2. The van der Waals surface area contributed by atoms with Crippen LogP contribution in [-0.4, -0.2) is 25.9 Å². The molecular weight excluding hydrogens is 152 g/mol. The Kier molecular flexibility index (Phi) is 2.79. The lowest BCUT2D eigenvalue weighted by Gasteiger charge is -2.16. The number of ether oxygens (including phenoxy) is 2. The molecule has 1 aliphatic carbocycles. The summed E-state index contributed by atoms with van der Waals surface area (Å²) < 4.78 is 10.6. The normalized spacial score (nSPS) is 33.7. The quantitative estimate of drug-likeness (QED) is 0.471. The summed E-state index contributed by atoms with van der Waals surface area (Å²) in [6, 6.07) is 0. The van der Waals surface area contributed by atoms with Crippen LogP contribution in [0.2, 0.25) is 0 Å². The van der Waals surface area contributed by atoms with Crippen molar-refractivity contribution in [2.75, 3.05) is 19.8 Å². The second kappa shape index (κ2) is 4.06. The van der Waals surface area contributed by atoms with Crippen LogP contribution in [0.25, 0.3) is 0 Å². The minimum absolute atomic E-state index is 0.420. The fourth-order valence-corrected chi connectivity index (χ4v) is 1.54. The molecule has 0 bridgehead atoms. The van der Waals surface area contributed by atoms with Gasteiger partial charge in [0.15, 0.2) is 0 Å². The molecule has 1 aliphatic heterocycles. The highest BCUT2D eigenvalue weighted by Crippen LogP contribution is 2.19. The number of hydrogen-bond donors (Lipinski definition) is 0. The summed E-state index contributed by atoms with van der Waals surface area (Å²) in [5.74, 6) is 0.758. The molecule has 0 saturated carbocycles. The van der Waals surface area contributed by atoms with E-state index in [0.717, 1.165) is 25.7 Å². The Bertz CT molecular complexity index is 161. The number of epoxide rings is 1. The molecule has 0 unspecified atom stereocenters. The van der Waals surface area contributed by atoms with Crippen molar-refractivity contribution in [1.29, 1.82) is 0 Å². The van der Waals surface area contributed by atoms with Gasteiger partial charge in [-0.15, -0.1) is 0 Å². The van der Waals surface area contributed by atoms with Gasteiger partial charge >= 0.3 is 0 Å². The van der Waals surface area contributed by atoms with Gasteiger partial charge in [0.2, 0.25) is 0 Å². The second-order valence-corrected chi connectivity index (χ2v) is 3.64. The highest BCUT2D eigenvalue weighted by molar-refractivity contribution is 4.89. The zero-order valence-electron chi connectivity index (χ0n) is 7.37. The molecule has 2 aliphatic rings. The fraction of sp³-hybridized carbons (Fsp3) is 0.800. The van der Waals surface area contributed by atoms with Crippen molar-refractivity contribution in [2.45, 2.75) is 25.4 Å². The predicted molar refractivity (Wildman–Crippen MR) is 47.0 cm³/mol. The third kappa shape index (κ3) is 2.61. The third-order valence-electron chi connectivity index (χ3n) is 2.44. The zero-order valence-corrected chi connectivity index (χ0v) is 7.37. The lowest BCUT2D eigenvalue weighted by atomic mass is 9.95. The van der Waals surface area contributed by atoms with Crippen LogP contribution >= 0.6 is 0 Å². The summed E-state index contributed by atoms with van der Waals surface area (Å²) in [6.07, 6.45) is 8.68. The first-order chi connectivity index (χ1) is 5.95. The minimum Gasteiger partial charge on any atom is -0.378 e. The van der Waals surface area contributed by atoms with Gasteiger partial charge in [-0.1, -0.05) is 12.2 Å². The summed E-state index contributed by atoms with van der Waals surface area (Å²) in [4.78, 5) is 0. The average molecular weight is 168 g/mol. The molecule has 2 rings (SSSR count). The van der Waals surface area contributed by atoms with E-state index in [-0.39, 0.29) is 0 Å². The topological polar surface area (TPSA) is 21.8 Å². The molecule has 0 amide bonds. The van der Waals surface area contributed by atoms with Gasteiger partial charge in [-0.25, -0.2) is 0 Å². The van der Waals surface area contributed by atoms with E-state index in [4.69, 9.17) is 9.47 Å². The van der Waals surface area contributed by atoms with Gasteiger partial charge < -0.3 is 9.47 Å². The molecule has 0 aromatic heterocycles. The summed E-state index contributed by atoms with van der Waals surface area (Å²) in [7, 11) is 0. The van der Waals surface area contributed by atoms with Crippen LogP contribution in [0.15, 0.2) is 12.2 Å². The van der Waals surface area contributed by atoms with Crippen LogP contribution in [0.3, 0.4) is 0 Å². The van der Waals surface area contributed by atoms with E-state index in [9.17, 15) is 0 Å². The van der Waals surface area contributed by atoms with Gasteiger partial charge in [0.25, 0.3) is 0 Å². The van der Waals surface area contributed by atoms with Crippen molar-refractivity contribution in [3.8, 4) is 0 Å². The summed E-state index contributed by atoms with van der Waals surface area (Å²) in [5.41, 5.74) is 0. The van der Waals surface area contributed by atoms with Gasteiger partial charge in [-0.2, -0.15) is 0 Å². The summed E-state index contributed by atoms with van der Waals surface area (Å²) in [6.45, 7) is 2.63. The maximum Gasteiger partial charge on any atom is 0.104 e. The van der Waals surface area contributed by atoms with Crippen LogP contribution in [0.4, 0.5) is 0 Å². The van der Waals surface area contributed by atoms with E-state index in [0.29, 0.717) is 6.10 Å². The molecule has 0 spiro atoms. The Morgan fingerprint density at radius 2 is 2.25 bits per heavy atom. The van der Waals surface area contributed by atoms with Crippen molar-refractivity contribution in [3.05, 3.63) is 12.2 Å². The molecule has 1 heterocycles. The zero-order chi connectivity index (χ0) is 8.23. The molecule has 2 atom stereocenters. The molecule has 1 saturated heterocycles. The van der Waals surface area contributed by atoms with E-state index >= 15 is 0 Å². The first kappa shape index (κ1) is 8.27. The number of allylic oxidation sites excluding steroid dienone is 2. The van der Waals surface area contributed by atoms with E-state index < -0.39 is 0 Å². The van der Waals surface area contributed by atoms with Gasteiger partial charge in [-0.05, 0) is 25.2 Å². The van der Waals surface area contributed by atoms with Crippen LogP contribution in [0, 0.1) is 5.92 Å². The van der Waals surface area contributed by atoms with Crippen molar-refractivity contribution >= 4 is 0 Å². The highest BCUT2D eigenvalue weighted by Gasteiger charge is 2.22. The van der Waals surface area contributed by atoms with Gasteiger partial charge in [0.1, 0.15) is 6.10 Å². The monoisotopic (exact) mass is 168 g/mol. The van der Waals surface area contributed by atoms with Gasteiger partial charge in [0.05, 0.1) is 13.2 Å². The van der Waals surface area contributed by atoms with Crippen molar-refractivity contribution in [2.24, 2.45) is 5.92 Å². The molecule has 0 N–H and O–H groups in total. The number of hydrogen-bond acceptors (Lipinski definition) is 2. The minimum atomic E-state index is 0.420. The Morgan fingerprint density at radius 1 is 1.33 bits per heavy atom. The van der Waals surface area contributed by atoms with E-state index in [1.165, 1.54) is 19.3 Å². The van der Waals surface area contributed by atoms with Crippen molar-refractivity contribution in [1.82, 2.24) is 0 Å². The Labute approximate surface area is 73.5 Å². The summed E-state index contributed by atoms with van der Waals surface area (Å²) >= 11 is 0. The van der Waals surface area contributed by atoms with Crippen molar-refractivity contribution < 1.29 is 9.47 Å². The number of rotatable bonds is 4. The SMILES string of the molecule is C1=CC[C@@H](COC[C@H]2CO2)CC1. The first-order valence-electron chi connectivity index (χ1n) is 4.79. The Balaban J connectivity index is 1.55. The molecule has 0 aromatic carbocycles. The van der Waals surface area contributed by atoms with Crippen LogP contribution in [-0.2, 0) is 9.47 Å². The first-order valence-corrected chi connectivity index (χ1v) is 4.79. The standard InChI is InChI=1S/C10H16O2/c1-2-4-9(5-3-1)6-11-7-10-8-12-10/h1-2,9-10H,3-8H2/t9-,10+/m1/s1. The maximum atomic E-state index is 5.54. The molecule has 68 valence electrons. The third-order valence-corrected chi connectivity index (χ3v) is 2.44. The Hall–Kier alpha value is -0.340.